The maximum absolute atomic E-state index is 12.9. The highest BCUT2D eigenvalue weighted by Gasteiger charge is 2.56. The summed E-state index contributed by atoms with van der Waals surface area (Å²) in [6.07, 6.45) is 16.8. The van der Waals surface area contributed by atoms with Crippen molar-refractivity contribution in [2.75, 3.05) is 13.2 Å². The third-order valence-corrected chi connectivity index (χ3v) is 9.08. The molecule has 4 heteroatoms. The predicted molar refractivity (Wildman–Crippen MR) is 119 cm³/mol. The van der Waals surface area contributed by atoms with Gasteiger partial charge in [-0.15, -0.1) is 0 Å². The highest BCUT2D eigenvalue weighted by Crippen LogP contribution is 2.59. The molecule has 3 fully saturated rings. The normalized spacial score (nSPS) is 44.3. The molecule has 4 nitrogen and oxygen atoms in total. The van der Waals surface area contributed by atoms with Crippen LogP contribution in [0.15, 0.2) is 24.3 Å². The second kappa shape index (κ2) is 8.75. The van der Waals surface area contributed by atoms with Crippen LogP contribution < -0.4 is 0 Å². The molecule has 0 spiro atoms. The van der Waals surface area contributed by atoms with Gasteiger partial charge in [-0.1, -0.05) is 38.2 Å². The Morgan fingerprint density at radius 2 is 1.10 bits per heavy atom. The molecule has 5 aliphatic carbocycles. The quantitative estimate of drug-likeness (QED) is 0.396. The first-order valence-corrected chi connectivity index (χ1v) is 12.8. The van der Waals surface area contributed by atoms with Crippen molar-refractivity contribution in [3.63, 3.8) is 0 Å². The van der Waals surface area contributed by atoms with Crippen LogP contribution in [0, 0.1) is 59.2 Å². The average Bonchev–Trinajstić information content (AvgIpc) is 3.59. The first-order valence-electron chi connectivity index (χ1n) is 12.8. The van der Waals surface area contributed by atoms with Crippen molar-refractivity contribution < 1.29 is 19.1 Å². The van der Waals surface area contributed by atoms with E-state index in [1.165, 1.54) is 19.3 Å². The molecule has 4 bridgehead atoms. The minimum atomic E-state index is 0.0380. The van der Waals surface area contributed by atoms with Gasteiger partial charge in [0, 0.05) is 0 Å². The second-order valence-corrected chi connectivity index (χ2v) is 10.8. The van der Waals surface area contributed by atoms with E-state index in [-0.39, 0.29) is 23.8 Å². The summed E-state index contributed by atoms with van der Waals surface area (Å²) in [5, 5.41) is 0. The van der Waals surface area contributed by atoms with Gasteiger partial charge in [0.05, 0.1) is 25.0 Å². The molecular formula is C27H38O4. The zero-order valence-electron chi connectivity index (χ0n) is 19.1. The van der Waals surface area contributed by atoms with E-state index >= 15 is 0 Å². The summed E-state index contributed by atoms with van der Waals surface area (Å²) in [7, 11) is 0. The summed E-state index contributed by atoms with van der Waals surface area (Å²) in [4.78, 5) is 25.8. The third kappa shape index (κ3) is 3.68. The van der Waals surface area contributed by atoms with Gasteiger partial charge >= 0.3 is 11.9 Å². The highest BCUT2D eigenvalue weighted by atomic mass is 16.5. The number of carbonyl (C=O) groups excluding carboxylic acids is 2. The zero-order valence-corrected chi connectivity index (χ0v) is 19.1. The molecule has 3 unspecified atom stereocenters. The van der Waals surface area contributed by atoms with Crippen LogP contribution in [0.2, 0.25) is 0 Å². The maximum atomic E-state index is 12.9. The third-order valence-electron chi connectivity index (χ3n) is 9.08. The van der Waals surface area contributed by atoms with Crippen molar-refractivity contribution in [3.05, 3.63) is 24.3 Å². The van der Waals surface area contributed by atoms with Gasteiger partial charge in [0.1, 0.15) is 0 Å². The summed E-state index contributed by atoms with van der Waals surface area (Å²) < 4.78 is 11.3. The number of esters is 2. The van der Waals surface area contributed by atoms with Crippen molar-refractivity contribution in [2.24, 2.45) is 59.2 Å². The fourth-order valence-corrected chi connectivity index (χ4v) is 8.02. The fourth-order valence-electron chi connectivity index (χ4n) is 8.02. The van der Waals surface area contributed by atoms with Crippen molar-refractivity contribution in [2.45, 2.75) is 58.8 Å². The zero-order chi connectivity index (χ0) is 21.5. The second-order valence-electron chi connectivity index (χ2n) is 10.8. The first kappa shape index (κ1) is 21.3. The van der Waals surface area contributed by atoms with Gasteiger partial charge in [0.25, 0.3) is 0 Å². The minimum Gasteiger partial charge on any atom is -0.465 e. The lowest BCUT2D eigenvalue weighted by Gasteiger charge is -2.34. The number of carbonyl (C=O) groups is 2. The van der Waals surface area contributed by atoms with Gasteiger partial charge < -0.3 is 9.47 Å². The van der Waals surface area contributed by atoms with E-state index in [0.29, 0.717) is 60.6 Å². The molecule has 5 rings (SSSR count). The van der Waals surface area contributed by atoms with Crippen molar-refractivity contribution in [1.29, 1.82) is 0 Å². The Bertz CT molecular complexity index is 692. The average molecular weight is 427 g/mol. The Labute approximate surface area is 186 Å². The van der Waals surface area contributed by atoms with Crippen LogP contribution in [0.25, 0.3) is 0 Å². The Morgan fingerprint density at radius 1 is 0.677 bits per heavy atom. The van der Waals surface area contributed by atoms with E-state index in [4.69, 9.17) is 9.47 Å². The molecule has 10 atom stereocenters. The van der Waals surface area contributed by atoms with Gasteiger partial charge in [0.15, 0.2) is 0 Å². The summed E-state index contributed by atoms with van der Waals surface area (Å²) in [5.41, 5.74) is 0. The van der Waals surface area contributed by atoms with Crippen LogP contribution in [-0.4, -0.2) is 25.2 Å². The largest absolute Gasteiger partial charge is 0.465 e. The summed E-state index contributed by atoms with van der Waals surface area (Å²) in [5.74, 6) is 4.04. The molecule has 5 aliphatic rings. The predicted octanol–water partition coefficient (Wildman–Crippen LogP) is 5.19. The Balaban J connectivity index is 1.29. The molecule has 0 aromatic carbocycles. The van der Waals surface area contributed by atoms with E-state index in [2.05, 4.69) is 38.2 Å². The van der Waals surface area contributed by atoms with Gasteiger partial charge in [-0.3, -0.25) is 9.59 Å². The van der Waals surface area contributed by atoms with Crippen LogP contribution in [0.1, 0.15) is 58.8 Å². The van der Waals surface area contributed by atoms with Crippen molar-refractivity contribution in [1.82, 2.24) is 0 Å². The van der Waals surface area contributed by atoms with Crippen LogP contribution in [0.5, 0.6) is 0 Å². The van der Waals surface area contributed by atoms with Crippen LogP contribution in [0.4, 0.5) is 0 Å². The Morgan fingerprint density at radius 3 is 1.52 bits per heavy atom. The number of fused-ring (bicyclic) bond motifs is 4. The minimum absolute atomic E-state index is 0.0380. The Hall–Kier alpha value is -1.58. The number of ether oxygens (including phenoxy) is 2. The van der Waals surface area contributed by atoms with E-state index < -0.39 is 0 Å². The van der Waals surface area contributed by atoms with Crippen molar-refractivity contribution >= 4 is 11.9 Å². The number of hydrogen-bond donors (Lipinski definition) is 0. The lowest BCUT2D eigenvalue weighted by atomic mass is 9.71. The van der Waals surface area contributed by atoms with Crippen molar-refractivity contribution in [3.8, 4) is 0 Å². The topological polar surface area (TPSA) is 52.6 Å². The summed E-state index contributed by atoms with van der Waals surface area (Å²) >= 11 is 0. The monoisotopic (exact) mass is 426 g/mol. The van der Waals surface area contributed by atoms with Crippen LogP contribution >= 0.6 is 0 Å². The molecule has 0 aromatic heterocycles. The molecule has 31 heavy (non-hydrogen) atoms. The number of allylic oxidation sites excluding steroid dienone is 4. The number of hydrogen-bond acceptors (Lipinski definition) is 4. The molecule has 0 radical (unpaired) electrons. The van der Waals surface area contributed by atoms with Gasteiger partial charge in [-0.2, -0.15) is 0 Å². The van der Waals surface area contributed by atoms with Crippen LogP contribution in [0.3, 0.4) is 0 Å². The Kier molecular flexibility index (Phi) is 6.00. The van der Waals surface area contributed by atoms with Crippen LogP contribution in [-0.2, 0) is 19.1 Å². The molecular weight excluding hydrogens is 388 g/mol. The molecule has 3 saturated carbocycles. The molecule has 0 aromatic rings. The van der Waals surface area contributed by atoms with Gasteiger partial charge in [0.2, 0.25) is 0 Å². The standard InChI is InChI=1S/C27H38O4/c1-3-11-30-26(28)24-20-9-7-18(14-20)22(24)16-5-6-17(13-16)23-19-8-10-21(15-19)25(23)27(29)31-12-4-2/h7-10,16-25H,3-6,11-15H2,1-2H3/t16?,17?,18-,19+,20+,21-,22-,23+,24-,25?/m0/s1. The lowest BCUT2D eigenvalue weighted by molar-refractivity contribution is -0.152. The van der Waals surface area contributed by atoms with Gasteiger partial charge in [-0.25, -0.2) is 0 Å². The van der Waals surface area contributed by atoms with E-state index in [0.717, 1.165) is 25.7 Å². The van der Waals surface area contributed by atoms with Gasteiger partial charge in [-0.05, 0) is 92.3 Å². The first-order chi connectivity index (χ1) is 15.1. The number of rotatable bonds is 8. The smallest absolute Gasteiger partial charge is 0.309 e. The lowest BCUT2D eigenvalue weighted by Crippen LogP contribution is -2.35. The van der Waals surface area contributed by atoms with E-state index in [1.54, 1.807) is 0 Å². The maximum Gasteiger partial charge on any atom is 0.309 e. The van der Waals surface area contributed by atoms with E-state index in [1.807, 2.05) is 0 Å². The highest BCUT2D eigenvalue weighted by molar-refractivity contribution is 5.75. The van der Waals surface area contributed by atoms with E-state index in [9.17, 15) is 9.59 Å². The molecule has 0 aliphatic heterocycles. The SMILES string of the molecule is CCCOC(=O)C1[C@H](C2CCC([C@@H]3[C@@H](C(=O)OCCC)[C@@H]4C=C[C@H]3C4)C2)[C@@H]2C=C[C@H]1C2. The molecule has 0 saturated heterocycles. The molecule has 170 valence electrons. The fraction of sp³-hybridized carbons (Fsp3) is 0.778. The summed E-state index contributed by atoms with van der Waals surface area (Å²) in [6, 6.07) is 0. The summed E-state index contributed by atoms with van der Waals surface area (Å²) in [6.45, 7) is 5.18. The molecule has 0 amide bonds. The molecule has 0 N–H and O–H groups in total. The molecule has 0 heterocycles.